The van der Waals surface area contributed by atoms with E-state index in [1.807, 2.05) is 36.4 Å². The van der Waals surface area contributed by atoms with E-state index in [0.29, 0.717) is 16.7 Å². The van der Waals surface area contributed by atoms with Crippen LogP contribution in [0.5, 0.6) is 0 Å². The number of ether oxygens (including phenoxy) is 1. The van der Waals surface area contributed by atoms with Gasteiger partial charge in [-0.25, -0.2) is 0 Å². The van der Waals surface area contributed by atoms with E-state index in [0.717, 1.165) is 5.56 Å². The quantitative estimate of drug-likeness (QED) is 0.860. The van der Waals surface area contributed by atoms with Crippen LogP contribution in [0.25, 0.3) is 0 Å². The molecule has 1 N–H and O–H groups in total. The van der Waals surface area contributed by atoms with Crippen LogP contribution in [0.15, 0.2) is 48.5 Å². The van der Waals surface area contributed by atoms with Gasteiger partial charge in [0, 0.05) is 5.56 Å². The maximum atomic E-state index is 12.0. The number of aryl methyl sites for hydroxylation is 1. The van der Waals surface area contributed by atoms with Gasteiger partial charge in [0.1, 0.15) is 13.2 Å². The van der Waals surface area contributed by atoms with Crippen molar-refractivity contribution >= 4 is 11.9 Å². The van der Waals surface area contributed by atoms with E-state index in [2.05, 4.69) is 5.32 Å². The minimum atomic E-state index is -0.506. The molecule has 116 valence electrons. The minimum Gasteiger partial charge on any atom is -0.460 e. The van der Waals surface area contributed by atoms with Crippen LogP contribution in [-0.2, 0) is 16.1 Å². The second-order valence-corrected chi connectivity index (χ2v) is 4.97. The molecule has 23 heavy (non-hydrogen) atoms. The predicted molar refractivity (Wildman–Crippen MR) is 84.5 cm³/mol. The van der Waals surface area contributed by atoms with Gasteiger partial charge in [-0.2, -0.15) is 5.26 Å². The van der Waals surface area contributed by atoms with Gasteiger partial charge in [-0.05, 0) is 36.2 Å². The van der Waals surface area contributed by atoms with Crippen LogP contribution >= 0.6 is 0 Å². The number of nitriles is 1. The van der Waals surface area contributed by atoms with Crippen molar-refractivity contribution in [2.75, 3.05) is 6.54 Å². The molecule has 0 saturated carbocycles. The van der Waals surface area contributed by atoms with Gasteiger partial charge in [-0.3, -0.25) is 9.59 Å². The largest absolute Gasteiger partial charge is 0.460 e. The fraction of sp³-hybridized carbons (Fsp3) is 0.167. The standard InChI is InChI=1S/C18H16N2O3/c1-13-9-15(10-19)7-8-16(13)18(22)20-11-17(21)23-12-14-5-3-2-4-6-14/h2-9H,11-12H2,1H3,(H,20,22). The normalized spacial score (nSPS) is 9.74. The van der Waals surface area contributed by atoms with Crippen molar-refractivity contribution in [1.29, 1.82) is 5.26 Å². The van der Waals surface area contributed by atoms with Crippen molar-refractivity contribution < 1.29 is 14.3 Å². The molecule has 0 aromatic heterocycles. The Morgan fingerprint density at radius 2 is 1.91 bits per heavy atom. The Morgan fingerprint density at radius 3 is 2.57 bits per heavy atom. The lowest BCUT2D eigenvalue weighted by molar-refractivity contribution is -0.143. The highest BCUT2D eigenvalue weighted by molar-refractivity contribution is 5.97. The maximum Gasteiger partial charge on any atom is 0.325 e. The van der Waals surface area contributed by atoms with Crippen LogP contribution in [0, 0.1) is 18.3 Å². The number of amides is 1. The van der Waals surface area contributed by atoms with Crippen LogP contribution in [0.4, 0.5) is 0 Å². The number of hydrogen-bond donors (Lipinski definition) is 1. The van der Waals surface area contributed by atoms with Gasteiger partial charge in [-0.15, -0.1) is 0 Å². The second kappa shape index (κ2) is 7.76. The summed E-state index contributed by atoms with van der Waals surface area (Å²) < 4.78 is 5.08. The summed E-state index contributed by atoms with van der Waals surface area (Å²) in [6.45, 7) is 1.71. The molecule has 0 aliphatic carbocycles. The van der Waals surface area contributed by atoms with E-state index in [1.165, 1.54) is 0 Å². The summed E-state index contributed by atoms with van der Waals surface area (Å²) in [5.41, 5.74) is 2.48. The molecule has 5 nitrogen and oxygen atoms in total. The molecule has 2 aromatic rings. The van der Waals surface area contributed by atoms with Gasteiger partial charge < -0.3 is 10.1 Å². The molecule has 0 spiro atoms. The van der Waals surface area contributed by atoms with E-state index in [9.17, 15) is 9.59 Å². The first-order chi connectivity index (χ1) is 11.1. The van der Waals surface area contributed by atoms with Crippen molar-refractivity contribution in [2.45, 2.75) is 13.5 Å². The molecule has 0 radical (unpaired) electrons. The Kier molecular flexibility index (Phi) is 5.48. The fourth-order valence-electron chi connectivity index (χ4n) is 2.02. The molecule has 0 fully saturated rings. The highest BCUT2D eigenvalue weighted by atomic mass is 16.5. The molecular weight excluding hydrogens is 292 g/mol. The zero-order valence-corrected chi connectivity index (χ0v) is 12.7. The highest BCUT2D eigenvalue weighted by Gasteiger charge is 2.11. The lowest BCUT2D eigenvalue weighted by Gasteiger charge is -2.08. The third-order valence-corrected chi connectivity index (χ3v) is 3.24. The number of nitrogens with zero attached hydrogens (tertiary/aromatic N) is 1. The van der Waals surface area contributed by atoms with Gasteiger partial charge in [0.05, 0.1) is 11.6 Å². The lowest BCUT2D eigenvalue weighted by atomic mass is 10.1. The van der Waals surface area contributed by atoms with E-state index >= 15 is 0 Å². The lowest BCUT2D eigenvalue weighted by Crippen LogP contribution is -2.31. The van der Waals surface area contributed by atoms with Crippen molar-refractivity contribution in [3.63, 3.8) is 0 Å². The summed E-state index contributed by atoms with van der Waals surface area (Å²) >= 11 is 0. The third-order valence-electron chi connectivity index (χ3n) is 3.24. The Labute approximate surface area is 134 Å². The van der Waals surface area contributed by atoms with Crippen molar-refractivity contribution in [2.24, 2.45) is 0 Å². The number of nitrogens with one attached hydrogen (secondary N) is 1. The number of carbonyl (C=O) groups excluding carboxylic acids is 2. The summed E-state index contributed by atoms with van der Waals surface area (Å²) in [5, 5.41) is 11.3. The summed E-state index contributed by atoms with van der Waals surface area (Å²) in [5.74, 6) is -0.878. The minimum absolute atomic E-state index is 0.172. The monoisotopic (exact) mass is 308 g/mol. The topological polar surface area (TPSA) is 79.2 Å². The highest BCUT2D eigenvalue weighted by Crippen LogP contribution is 2.10. The first-order valence-electron chi connectivity index (χ1n) is 7.08. The summed E-state index contributed by atoms with van der Waals surface area (Å²) in [7, 11) is 0. The Morgan fingerprint density at radius 1 is 1.17 bits per heavy atom. The molecule has 0 saturated heterocycles. The van der Waals surface area contributed by atoms with E-state index < -0.39 is 5.97 Å². The number of esters is 1. The maximum absolute atomic E-state index is 12.0. The molecule has 0 aliphatic heterocycles. The summed E-state index contributed by atoms with van der Waals surface area (Å²) in [6.07, 6.45) is 0. The molecule has 0 bridgehead atoms. The van der Waals surface area contributed by atoms with Gasteiger partial charge >= 0.3 is 5.97 Å². The van der Waals surface area contributed by atoms with Gasteiger partial charge in [0.2, 0.25) is 0 Å². The number of rotatable bonds is 5. The predicted octanol–water partition coefficient (Wildman–Crippen LogP) is 2.34. The van der Waals surface area contributed by atoms with E-state index in [-0.39, 0.29) is 19.1 Å². The zero-order valence-electron chi connectivity index (χ0n) is 12.7. The average Bonchev–Trinajstić information content (AvgIpc) is 2.58. The molecule has 2 rings (SSSR count). The van der Waals surface area contributed by atoms with E-state index in [4.69, 9.17) is 10.00 Å². The van der Waals surface area contributed by atoms with Gasteiger partial charge in [0.15, 0.2) is 0 Å². The third kappa shape index (κ3) is 4.68. The average molecular weight is 308 g/mol. The van der Waals surface area contributed by atoms with Gasteiger partial charge in [-0.1, -0.05) is 30.3 Å². The summed E-state index contributed by atoms with van der Waals surface area (Å²) in [4.78, 5) is 23.7. The molecule has 0 heterocycles. The van der Waals surface area contributed by atoms with Crippen LogP contribution in [-0.4, -0.2) is 18.4 Å². The Hall–Kier alpha value is -3.13. The molecule has 0 atom stereocenters. The van der Waals surface area contributed by atoms with Gasteiger partial charge in [0.25, 0.3) is 5.91 Å². The molecule has 2 aromatic carbocycles. The van der Waals surface area contributed by atoms with Crippen LogP contribution in [0.3, 0.4) is 0 Å². The number of carbonyl (C=O) groups is 2. The fourth-order valence-corrected chi connectivity index (χ4v) is 2.02. The van der Waals surface area contributed by atoms with Crippen molar-refractivity contribution in [3.8, 4) is 6.07 Å². The zero-order chi connectivity index (χ0) is 16.7. The first kappa shape index (κ1) is 16.2. The molecule has 0 unspecified atom stereocenters. The second-order valence-electron chi connectivity index (χ2n) is 4.97. The molecule has 1 amide bonds. The first-order valence-corrected chi connectivity index (χ1v) is 7.08. The van der Waals surface area contributed by atoms with Crippen molar-refractivity contribution in [3.05, 3.63) is 70.8 Å². The smallest absolute Gasteiger partial charge is 0.325 e. The van der Waals surface area contributed by atoms with Crippen molar-refractivity contribution in [1.82, 2.24) is 5.32 Å². The van der Waals surface area contributed by atoms with Crippen LogP contribution in [0.1, 0.15) is 27.0 Å². The number of benzene rings is 2. The number of hydrogen-bond acceptors (Lipinski definition) is 4. The molecular formula is C18H16N2O3. The molecule has 5 heteroatoms. The Balaban J connectivity index is 1.84. The van der Waals surface area contributed by atoms with Crippen LogP contribution in [0.2, 0.25) is 0 Å². The Bertz CT molecular complexity index is 749. The molecule has 0 aliphatic rings. The van der Waals surface area contributed by atoms with E-state index in [1.54, 1.807) is 25.1 Å². The van der Waals surface area contributed by atoms with Crippen LogP contribution < -0.4 is 5.32 Å². The SMILES string of the molecule is Cc1cc(C#N)ccc1C(=O)NCC(=O)OCc1ccccc1. The summed E-state index contributed by atoms with van der Waals surface area (Å²) in [6, 6.07) is 16.1.